The fourth-order valence-corrected chi connectivity index (χ4v) is 3.52. The Labute approximate surface area is 175 Å². The summed E-state index contributed by atoms with van der Waals surface area (Å²) in [5.41, 5.74) is 3.37. The number of aryl methyl sites for hydroxylation is 2. The van der Waals surface area contributed by atoms with Gasteiger partial charge in [-0.25, -0.2) is 0 Å². The van der Waals surface area contributed by atoms with Gasteiger partial charge in [-0.3, -0.25) is 9.36 Å². The first kappa shape index (κ1) is 20.9. The Morgan fingerprint density at radius 3 is 2.45 bits per heavy atom. The van der Waals surface area contributed by atoms with Crippen molar-refractivity contribution >= 4 is 17.7 Å². The van der Waals surface area contributed by atoms with Crippen LogP contribution in [0.1, 0.15) is 23.4 Å². The molecule has 1 heterocycles. The largest absolute Gasteiger partial charge is 0.497 e. The van der Waals surface area contributed by atoms with Gasteiger partial charge in [-0.15, -0.1) is 10.2 Å². The minimum Gasteiger partial charge on any atom is -0.497 e. The van der Waals surface area contributed by atoms with Gasteiger partial charge in [0.15, 0.2) is 5.16 Å². The summed E-state index contributed by atoms with van der Waals surface area (Å²) in [5.74, 6) is 1.67. The highest BCUT2D eigenvalue weighted by atomic mass is 32.2. The first-order valence-electron chi connectivity index (χ1n) is 9.55. The molecule has 0 aliphatic rings. The number of amides is 1. The van der Waals surface area contributed by atoms with Gasteiger partial charge in [0.25, 0.3) is 0 Å². The van der Waals surface area contributed by atoms with Crippen molar-refractivity contribution in [1.29, 1.82) is 0 Å². The summed E-state index contributed by atoms with van der Waals surface area (Å²) in [6, 6.07) is 16.1. The second-order valence-corrected chi connectivity index (χ2v) is 7.50. The number of methoxy groups -OCH3 is 1. The second-order valence-electron chi connectivity index (χ2n) is 6.72. The molecule has 6 nitrogen and oxygen atoms in total. The molecule has 1 aromatic heterocycles. The second kappa shape index (κ2) is 10.1. The number of ether oxygens (including phenoxy) is 1. The van der Waals surface area contributed by atoms with Crippen LogP contribution in [0.2, 0.25) is 0 Å². The van der Waals surface area contributed by atoms with Crippen molar-refractivity contribution < 1.29 is 9.53 Å². The van der Waals surface area contributed by atoms with Crippen LogP contribution in [0.15, 0.2) is 53.7 Å². The van der Waals surface area contributed by atoms with Crippen molar-refractivity contribution in [3.05, 3.63) is 65.5 Å². The molecule has 7 heteroatoms. The molecule has 0 saturated heterocycles. The van der Waals surface area contributed by atoms with Gasteiger partial charge in [0.05, 0.1) is 7.11 Å². The van der Waals surface area contributed by atoms with Crippen LogP contribution >= 0.6 is 11.8 Å². The van der Waals surface area contributed by atoms with Gasteiger partial charge in [0, 0.05) is 25.1 Å². The maximum atomic E-state index is 12.2. The van der Waals surface area contributed by atoms with E-state index in [1.165, 1.54) is 22.9 Å². The zero-order valence-corrected chi connectivity index (χ0v) is 17.8. The summed E-state index contributed by atoms with van der Waals surface area (Å²) in [5, 5.41) is 12.4. The zero-order valence-electron chi connectivity index (χ0n) is 17.0. The van der Waals surface area contributed by atoms with E-state index in [4.69, 9.17) is 4.74 Å². The third-order valence-electron chi connectivity index (χ3n) is 4.65. The van der Waals surface area contributed by atoms with E-state index in [0.717, 1.165) is 28.8 Å². The number of hydrogen-bond acceptors (Lipinski definition) is 5. The fourth-order valence-electron chi connectivity index (χ4n) is 3.00. The van der Waals surface area contributed by atoms with Crippen molar-refractivity contribution in [2.45, 2.75) is 31.3 Å². The first-order chi connectivity index (χ1) is 14.1. The fraction of sp³-hybridized carbons (Fsp3) is 0.318. The summed E-state index contributed by atoms with van der Waals surface area (Å²) >= 11 is 1.54. The number of rotatable bonds is 9. The van der Waals surface area contributed by atoms with E-state index in [0.29, 0.717) is 19.4 Å². The third kappa shape index (κ3) is 5.60. The Hall–Kier alpha value is -2.80. The number of benzene rings is 2. The number of hydrogen-bond donors (Lipinski definition) is 1. The van der Waals surface area contributed by atoms with Crippen LogP contribution in [0.4, 0.5) is 0 Å². The van der Waals surface area contributed by atoms with E-state index in [2.05, 4.69) is 46.7 Å². The molecular formula is C22H26N4O2S. The highest BCUT2D eigenvalue weighted by Gasteiger charge is 2.13. The highest BCUT2D eigenvalue weighted by Crippen LogP contribution is 2.22. The molecule has 1 N–H and O–H groups in total. The predicted octanol–water partition coefficient (Wildman–Crippen LogP) is 3.60. The smallest absolute Gasteiger partial charge is 0.220 e. The van der Waals surface area contributed by atoms with Crippen LogP contribution in [0.3, 0.4) is 0 Å². The zero-order chi connectivity index (χ0) is 20.6. The van der Waals surface area contributed by atoms with E-state index in [-0.39, 0.29) is 5.91 Å². The van der Waals surface area contributed by atoms with Gasteiger partial charge in [-0.1, -0.05) is 41.6 Å². The lowest BCUT2D eigenvalue weighted by molar-refractivity contribution is -0.121. The number of nitrogens with zero attached hydrogens (tertiary/aromatic N) is 3. The van der Waals surface area contributed by atoms with Crippen LogP contribution in [-0.2, 0) is 17.6 Å². The predicted molar refractivity (Wildman–Crippen MR) is 116 cm³/mol. The summed E-state index contributed by atoms with van der Waals surface area (Å²) in [4.78, 5) is 12.2. The topological polar surface area (TPSA) is 69.0 Å². The van der Waals surface area contributed by atoms with E-state index < -0.39 is 0 Å². The van der Waals surface area contributed by atoms with Crippen LogP contribution in [0, 0.1) is 6.92 Å². The minimum atomic E-state index is 0.0474. The van der Waals surface area contributed by atoms with Gasteiger partial charge < -0.3 is 10.1 Å². The molecule has 152 valence electrons. The van der Waals surface area contributed by atoms with Crippen molar-refractivity contribution in [2.24, 2.45) is 0 Å². The molecule has 0 atom stereocenters. The molecule has 0 spiro atoms. The summed E-state index contributed by atoms with van der Waals surface area (Å²) in [7, 11) is 1.65. The molecule has 0 aliphatic heterocycles. The monoisotopic (exact) mass is 410 g/mol. The molecule has 0 aliphatic carbocycles. The van der Waals surface area contributed by atoms with Crippen LogP contribution in [-0.4, -0.2) is 40.6 Å². The van der Waals surface area contributed by atoms with E-state index in [1.807, 2.05) is 35.1 Å². The molecule has 29 heavy (non-hydrogen) atoms. The average molecular weight is 411 g/mol. The van der Waals surface area contributed by atoms with Crippen molar-refractivity contribution in [2.75, 3.05) is 19.9 Å². The SMILES string of the molecule is COc1ccc(-n2c(CCNC(=O)CCc3ccc(C)cc3)nnc2SC)cc1. The van der Waals surface area contributed by atoms with Crippen molar-refractivity contribution in [3.63, 3.8) is 0 Å². The number of aromatic nitrogens is 3. The Morgan fingerprint density at radius 1 is 1.07 bits per heavy atom. The number of carbonyl (C=O) groups is 1. The van der Waals surface area contributed by atoms with Gasteiger partial charge in [0.2, 0.25) is 5.91 Å². The molecule has 0 fully saturated rings. The Bertz CT molecular complexity index is 936. The average Bonchev–Trinajstić information content (AvgIpc) is 3.16. The van der Waals surface area contributed by atoms with Crippen LogP contribution in [0.25, 0.3) is 5.69 Å². The van der Waals surface area contributed by atoms with Gasteiger partial charge in [-0.05, 0) is 49.4 Å². The summed E-state index contributed by atoms with van der Waals surface area (Å²) in [6.45, 7) is 2.58. The quantitative estimate of drug-likeness (QED) is 0.546. The summed E-state index contributed by atoms with van der Waals surface area (Å²) in [6.07, 6.45) is 3.80. The number of thioether (sulfide) groups is 1. The Kier molecular flexibility index (Phi) is 7.30. The minimum absolute atomic E-state index is 0.0474. The molecule has 0 unspecified atom stereocenters. The summed E-state index contributed by atoms with van der Waals surface area (Å²) < 4.78 is 7.25. The van der Waals surface area contributed by atoms with Gasteiger partial charge in [-0.2, -0.15) is 0 Å². The van der Waals surface area contributed by atoms with E-state index in [9.17, 15) is 4.79 Å². The maximum absolute atomic E-state index is 12.2. The van der Waals surface area contributed by atoms with Crippen molar-refractivity contribution in [1.82, 2.24) is 20.1 Å². The standard InChI is InChI=1S/C22H26N4O2S/c1-16-4-6-17(7-5-16)8-13-21(27)23-15-14-20-24-25-22(29-3)26(20)18-9-11-19(28-2)12-10-18/h4-7,9-12H,8,13-15H2,1-3H3,(H,23,27). The number of nitrogens with one attached hydrogen (secondary N) is 1. The molecular weight excluding hydrogens is 384 g/mol. The lowest BCUT2D eigenvalue weighted by Gasteiger charge is -2.11. The molecule has 0 bridgehead atoms. The first-order valence-corrected chi connectivity index (χ1v) is 10.8. The maximum Gasteiger partial charge on any atom is 0.220 e. The molecule has 2 aromatic carbocycles. The molecule has 3 aromatic rings. The molecule has 0 saturated carbocycles. The molecule has 3 rings (SSSR count). The van der Waals surface area contributed by atoms with Crippen molar-refractivity contribution in [3.8, 4) is 11.4 Å². The number of carbonyl (C=O) groups excluding carboxylic acids is 1. The van der Waals surface area contributed by atoms with E-state index >= 15 is 0 Å². The highest BCUT2D eigenvalue weighted by molar-refractivity contribution is 7.98. The molecule has 1 amide bonds. The van der Waals surface area contributed by atoms with Crippen LogP contribution < -0.4 is 10.1 Å². The van der Waals surface area contributed by atoms with Gasteiger partial charge in [0.1, 0.15) is 11.6 Å². The van der Waals surface area contributed by atoms with Gasteiger partial charge >= 0.3 is 0 Å². The Morgan fingerprint density at radius 2 is 1.79 bits per heavy atom. The lowest BCUT2D eigenvalue weighted by Crippen LogP contribution is -2.26. The van der Waals surface area contributed by atoms with Crippen LogP contribution in [0.5, 0.6) is 5.75 Å². The third-order valence-corrected chi connectivity index (χ3v) is 5.28. The Balaban J connectivity index is 1.56. The normalized spacial score (nSPS) is 10.7. The molecule has 0 radical (unpaired) electrons. The lowest BCUT2D eigenvalue weighted by atomic mass is 10.1. The van der Waals surface area contributed by atoms with E-state index in [1.54, 1.807) is 7.11 Å².